The number of hydrogen-bond acceptors (Lipinski definition) is 2. The molecule has 0 saturated heterocycles. The van der Waals surface area contributed by atoms with Gasteiger partial charge in [-0.1, -0.05) is 25.5 Å². The molecule has 2 aromatic heterocycles. The Hall–Kier alpha value is -2.36. The molecule has 0 amide bonds. The van der Waals surface area contributed by atoms with Gasteiger partial charge in [-0.15, -0.1) is 0 Å². The Bertz CT molecular complexity index is 1010. The van der Waals surface area contributed by atoms with Gasteiger partial charge in [-0.3, -0.25) is 4.79 Å². The molecule has 1 fully saturated rings. The maximum atomic E-state index is 13.1. The first-order chi connectivity index (χ1) is 12.0. The van der Waals surface area contributed by atoms with E-state index < -0.39 is 0 Å². The zero-order valence-electron chi connectivity index (χ0n) is 15.4. The molecule has 4 nitrogen and oxygen atoms in total. The maximum absolute atomic E-state index is 13.1. The lowest BCUT2D eigenvalue weighted by molar-refractivity contribution is 0.173. The van der Waals surface area contributed by atoms with E-state index in [1.54, 1.807) is 4.68 Å². The number of fused-ring (bicyclic) bond motifs is 1. The third kappa shape index (κ3) is 2.43. The lowest BCUT2D eigenvalue weighted by atomic mass is 9.79. The number of aryl methyl sites for hydroxylation is 3. The van der Waals surface area contributed by atoms with Gasteiger partial charge in [0.25, 0.3) is 5.56 Å². The summed E-state index contributed by atoms with van der Waals surface area (Å²) in [7, 11) is 0. The average Bonchev–Trinajstić information content (AvgIpc) is 2.80. The molecule has 4 heteroatoms. The van der Waals surface area contributed by atoms with E-state index in [1.807, 2.05) is 13.1 Å². The minimum Gasteiger partial charge on any atom is -0.317 e. The predicted octanol–water partition coefficient (Wildman–Crippen LogP) is 4.47. The van der Waals surface area contributed by atoms with Crippen LogP contribution in [0.25, 0.3) is 16.5 Å². The summed E-state index contributed by atoms with van der Waals surface area (Å²) in [5.41, 5.74) is 4.46. The molecule has 4 rings (SSSR count). The molecular weight excluding hydrogens is 310 g/mol. The first-order valence-corrected chi connectivity index (χ1v) is 9.17. The summed E-state index contributed by atoms with van der Waals surface area (Å²) in [6, 6.07) is 8.67. The van der Waals surface area contributed by atoms with Gasteiger partial charge in [0.15, 0.2) is 0 Å². The Morgan fingerprint density at radius 3 is 2.60 bits per heavy atom. The number of rotatable bonds is 3. The van der Waals surface area contributed by atoms with Crippen molar-refractivity contribution >= 4 is 10.8 Å². The largest absolute Gasteiger partial charge is 0.317 e. The monoisotopic (exact) mass is 335 g/mol. The van der Waals surface area contributed by atoms with Crippen LogP contribution in [-0.2, 0) is 0 Å². The van der Waals surface area contributed by atoms with Gasteiger partial charge in [0.1, 0.15) is 0 Å². The van der Waals surface area contributed by atoms with Crippen LogP contribution in [0.2, 0.25) is 0 Å². The van der Waals surface area contributed by atoms with E-state index in [0.717, 1.165) is 46.6 Å². The molecule has 1 aliphatic carbocycles. The van der Waals surface area contributed by atoms with Crippen molar-refractivity contribution in [2.24, 2.45) is 5.92 Å². The number of benzene rings is 1. The lowest BCUT2D eigenvalue weighted by Crippen LogP contribution is -2.35. The fourth-order valence-electron chi connectivity index (χ4n) is 4.22. The Labute approximate surface area is 148 Å². The SMILES string of the molecule is CCC1CC(n2ncc3c(C)n(-c4cccc(C)c4)c(C)c3c2=O)C1. The summed E-state index contributed by atoms with van der Waals surface area (Å²) in [5, 5.41) is 6.29. The molecule has 1 saturated carbocycles. The van der Waals surface area contributed by atoms with E-state index in [-0.39, 0.29) is 11.6 Å². The minimum atomic E-state index is 0.0593. The summed E-state index contributed by atoms with van der Waals surface area (Å²) in [6.07, 6.45) is 5.22. The maximum Gasteiger partial charge on any atom is 0.276 e. The quantitative estimate of drug-likeness (QED) is 0.708. The van der Waals surface area contributed by atoms with Crippen LogP contribution in [0, 0.1) is 26.7 Å². The lowest BCUT2D eigenvalue weighted by Gasteiger charge is -2.34. The van der Waals surface area contributed by atoms with E-state index in [1.165, 1.54) is 12.0 Å². The third-order valence-corrected chi connectivity index (χ3v) is 5.82. The van der Waals surface area contributed by atoms with Gasteiger partial charge in [-0.25, -0.2) is 4.68 Å². The number of hydrogen-bond donors (Lipinski definition) is 0. The molecule has 0 bridgehead atoms. The van der Waals surface area contributed by atoms with Crippen LogP contribution in [0.1, 0.15) is 49.2 Å². The molecular formula is C21H25N3O. The molecule has 0 atom stereocenters. The van der Waals surface area contributed by atoms with Gasteiger partial charge in [0, 0.05) is 22.5 Å². The summed E-state index contributed by atoms with van der Waals surface area (Å²) < 4.78 is 3.90. The summed E-state index contributed by atoms with van der Waals surface area (Å²) in [6.45, 7) is 8.42. The smallest absolute Gasteiger partial charge is 0.276 e. The van der Waals surface area contributed by atoms with Gasteiger partial charge in [0.2, 0.25) is 0 Å². The van der Waals surface area contributed by atoms with Gasteiger partial charge < -0.3 is 4.57 Å². The zero-order chi connectivity index (χ0) is 17.7. The standard InChI is InChI=1S/C21H25N3O/c1-5-16-10-18(11-16)24-21(25)20-15(4)23(14(3)19(20)12-22-24)17-8-6-7-13(2)9-17/h6-9,12,16,18H,5,10-11H2,1-4H3. The van der Waals surface area contributed by atoms with Crippen LogP contribution in [0.5, 0.6) is 0 Å². The van der Waals surface area contributed by atoms with E-state index in [9.17, 15) is 4.79 Å². The van der Waals surface area contributed by atoms with Crippen LogP contribution in [0.3, 0.4) is 0 Å². The number of nitrogens with zero attached hydrogens (tertiary/aromatic N) is 3. The highest BCUT2D eigenvalue weighted by Gasteiger charge is 2.31. The summed E-state index contributed by atoms with van der Waals surface area (Å²) in [5.74, 6) is 0.745. The molecule has 0 unspecified atom stereocenters. The molecule has 0 radical (unpaired) electrons. The molecule has 1 aromatic carbocycles. The summed E-state index contributed by atoms with van der Waals surface area (Å²) in [4.78, 5) is 13.1. The van der Waals surface area contributed by atoms with Gasteiger partial charge in [0.05, 0.1) is 17.6 Å². The van der Waals surface area contributed by atoms with Crippen molar-refractivity contribution in [1.29, 1.82) is 0 Å². The molecule has 2 heterocycles. The van der Waals surface area contributed by atoms with Crippen LogP contribution < -0.4 is 5.56 Å². The second-order valence-electron chi connectivity index (χ2n) is 7.43. The van der Waals surface area contributed by atoms with E-state index >= 15 is 0 Å². The molecule has 3 aromatic rings. The Morgan fingerprint density at radius 1 is 1.16 bits per heavy atom. The molecule has 1 aliphatic rings. The number of aromatic nitrogens is 3. The van der Waals surface area contributed by atoms with Crippen molar-refractivity contribution in [3.63, 3.8) is 0 Å². The Morgan fingerprint density at radius 2 is 1.92 bits per heavy atom. The molecule has 25 heavy (non-hydrogen) atoms. The van der Waals surface area contributed by atoms with Crippen molar-refractivity contribution in [2.75, 3.05) is 0 Å². The normalized spacial score (nSPS) is 20.0. The van der Waals surface area contributed by atoms with Crippen molar-refractivity contribution < 1.29 is 0 Å². The van der Waals surface area contributed by atoms with Crippen LogP contribution in [0.15, 0.2) is 35.3 Å². The van der Waals surface area contributed by atoms with E-state index in [2.05, 4.69) is 54.7 Å². The predicted molar refractivity (Wildman–Crippen MR) is 102 cm³/mol. The van der Waals surface area contributed by atoms with Crippen molar-refractivity contribution in [3.05, 3.63) is 57.8 Å². The Balaban J connectivity index is 1.88. The highest BCUT2D eigenvalue weighted by molar-refractivity contribution is 5.87. The summed E-state index contributed by atoms with van der Waals surface area (Å²) >= 11 is 0. The Kier molecular flexibility index (Phi) is 3.78. The first-order valence-electron chi connectivity index (χ1n) is 9.17. The highest BCUT2D eigenvalue weighted by Crippen LogP contribution is 2.38. The van der Waals surface area contributed by atoms with Crippen molar-refractivity contribution in [2.45, 2.75) is 53.0 Å². The van der Waals surface area contributed by atoms with Gasteiger partial charge in [-0.05, 0) is 57.2 Å². The molecule has 0 N–H and O–H groups in total. The first kappa shape index (κ1) is 16.1. The van der Waals surface area contributed by atoms with Gasteiger partial charge in [-0.2, -0.15) is 5.10 Å². The molecule has 0 spiro atoms. The van der Waals surface area contributed by atoms with Crippen LogP contribution in [0.4, 0.5) is 0 Å². The molecule has 130 valence electrons. The fraction of sp³-hybridized carbons (Fsp3) is 0.429. The second kappa shape index (κ2) is 5.87. The highest BCUT2D eigenvalue weighted by atomic mass is 16.1. The fourth-order valence-corrected chi connectivity index (χ4v) is 4.22. The topological polar surface area (TPSA) is 39.8 Å². The second-order valence-corrected chi connectivity index (χ2v) is 7.43. The third-order valence-electron chi connectivity index (χ3n) is 5.82. The van der Waals surface area contributed by atoms with E-state index in [0.29, 0.717) is 0 Å². The average molecular weight is 335 g/mol. The van der Waals surface area contributed by atoms with E-state index in [4.69, 9.17) is 0 Å². The van der Waals surface area contributed by atoms with Crippen LogP contribution in [-0.4, -0.2) is 14.3 Å². The van der Waals surface area contributed by atoms with Crippen molar-refractivity contribution in [1.82, 2.24) is 14.3 Å². The molecule has 0 aliphatic heterocycles. The minimum absolute atomic E-state index is 0.0593. The van der Waals surface area contributed by atoms with Crippen LogP contribution >= 0.6 is 0 Å². The zero-order valence-corrected chi connectivity index (χ0v) is 15.4. The van der Waals surface area contributed by atoms with Crippen molar-refractivity contribution in [3.8, 4) is 5.69 Å². The van der Waals surface area contributed by atoms with Gasteiger partial charge >= 0.3 is 0 Å².